The van der Waals surface area contributed by atoms with Crippen LogP contribution < -0.4 is 10.5 Å². The Morgan fingerprint density at radius 2 is 1.81 bits per heavy atom. The van der Waals surface area contributed by atoms with E-state index in [1.807, 2.05) is 67.6 Å². The summed E-state index contributed by atoms with van der Waals surface area (Å²) in [6.07, 6.45) is 0. The predicted octanol–water partition coefficient (Wildman–Crippen LogP) is 3.92. The Balaban J connectivity index is 1.67. The van der Waals surface area contributed by atoms with Gasteiger partial charge in [-0.25, -0.2) is 4.99 Å². The number of benzene rings is 3. The number of carbonyl (C=O) groups excluding carboxylic acids is 1. The fraction of sp³-hybridized carbons (Fsp3) is 0.192. The SMILES string of the molecule is CN1C(=O)[C@@H](c2ccc(OCc3ccccc3)cc2)[C@@](C)(c2cccc(C#N)c2)N=C1N. The highest BCUT2D eigenvalue weighted by atomic mass is 16.5. The zero-order chi connectivity index (χ0) is 22.7. The molecular formula is C26H24N4O2. The van der Waals surface area contributed by atoms with E-state index in [2.05, 4.69) is 6.07 Å². The van der Waals surface area contributed by atoms with Crippen molar-refractivity contribution >= 4 is 11.9 Å². The maximum absolute atomic E-state index is 13.3. The maximum Gasteiger partial charge on any atom is 0.239 e. The number of ether oxygens (including phenoxy) is 1. The third kappa shape index (κ3) is 3.93. The summed E-state index contributed by atoms with van der Waals surface area (Å²) in [5, 5.41) is 9.34. The molecule has 0 bridgehead atoms. The number of hydrogen-bond donors (Lipinski definition) is 1. The smallest absolute Gasteiger partial charge is 0.239 e. The van der Waals surface area contributed by atoms with Crippen LogP contribution in [0, 0.1) is 11.3 Å². The summed E-state index contributed by atoms with van der Waals surface area (Å²) in [6.45, 7) is 2.34. The average molecular weight is 425 g/mol. The van der Waals surface area contributed by atoms with Crippen LogP contribution in [0.15, 0.2) is 83.9 Å². The van der Waals surface area contributed by atoms with E-state index in [1.165, 1.54) is 4.90 Å². The number of rotatable bonds is 5. The molecule has 6 nitrogen and oxygen atoms in total. The van der Waals surface area contributed by atoms with E-state index in [4.69, 9.17) is 15.5 Å². The molecule has 2 atom stereocenters. The van der Waals surface area contributed by atoms with E-state index in [-0.39, 0.29) is 11.9 Å². The van der Waals surface area contributed by atoms with Gasteiger partial charge in [-0.15, -0.1) is 0 Å². The van der Waals surface area contributed by atoms with Crippen molar-refractivity contribution < 1.29 is 9.53 Å². The van der Waals surface area contributed by atoms with Crippen LogP contribution in [-0.4, -0.2) is 23.8 Å². The van der Waals surface area contributed by atoms with E-state index >= 15 is 0 Å². The van der Waals surface area contributed by atoms with E-state index in [1.54, 1.807) is 25.2 Å². The van der Waals surface area contributed by atoms with Gasteiger partial charge in [-0.1, -0.05) is 54.6 Å². The molecule has 4 rings (SSSR count). The average Bonchev–Trinajstić information content (AvgIpc) is 2.83. The van der Waals surface area contributed by atoms with E-state index < -0.39 is 11.5 Å². The fourth-order valence-corrected chi connectivity index (χ4v) is 4.02. The number of aliphatic imine (C=N–C) groups is 1. The number of nitrogens with two attached hydrogens (primary N) is 1. The van der Waals surface area contributed by atoms with Crippen LogP contribution in [0.25, 0.3) is 0 Å². The topological polar surface area (TPSA) is 91.7 Å². The summed E-state index contributed by atoms with van der Waals surface area (Å²) < 4.78 is 5.89. The number of nitrogens with zero attached hydrogens (tertiary/aromatic N) is 3. The number of carbonyl (C=O) groups is 1. The Hall–Kier alpha value is -4.11. The lowest BCUT2D eigenvalue weighted by Gasteiger charge is -2.41. The molecule has 0 saturated carbocycles. The molecule has 32 heavy (non-hydrogen) atoms. The first-order valence-corrected chi connectivity index (χ1v) is 10.3. The molecule has 0 radical (unpaired) electrons. The van der Waals surface area contributed by atoms with Crippen LogP contribution in [-0.2, 0) is 16.9 Å². The molecule has 1 aliphatic rings. The van der Waals surface area contributed by atoms with Crippen molar-refractivity contribution in [1.29, 1.82) is 5.26 Å². The predicted molar refractivity (Wildman–Crippen MR) is 123 cm³/mol. The molecule has 0 saturated heterocycles. The Morgan fingerprint density at radius 3 is 2.50 bits per heavy atom. The first-order chi connectivity index (χ1) is 15.4. The van der Waals surface area contributed by atoms with Crippen molar-refractivity contribution in [3.8, 4) is 11.8 Å². The molecule has 2 N–H and O–H groups in total. The van der Waals surface area contributed by atoms with Crippen molar-refractivity contribution in [2.24, 2.45) is 10.7 Å². The minimum Gasteiger partial charge on any atom is -0.489 e. The zero-order valence-electron chi connectivity index (χ0n) is 18.0. The molecule has 1 heterocycles. The number of amides is 1. The molecule has 160 valence electrons. The molecular weight excluding hydrogens is 400 g/mol. The lowest BCUT2D eigenvalue weighted by atomic mass is 9.74. The minimum absolute atomic E-state index is 0.152. The normalized spacial score (nSPS) is 20.4. The van der Waals surface area contributed by atoms with Gasteiger partial charge >= 0.3 is 0 Å². The van der Waals surface area contributed by atoms with E-state index in [0.717, 1.165) is 16.7 Å². The van der Waals surface area contributed by atoms with Crippen LogP contribution in [0.3, 0.4) is 0 Å². The largest absolute Gasteiger partial charge is 0.489 e. The van der Waals surface area contributed by atoms with Gasteiger partial charge in [0.25, 0.3) is 0 Å². The monoisotopic (exact) mass is 424 g/mol. The standard InChI is InChI=1S/C26H24N4O2/c1-26(21-10-6-9-19(15-21)16-27)23(24(31)30(2)25(28)29-26)20-11-13-22(14-12-20)32-17-18-7-4-3-5-8-18/h3-15,23H,17H2,1-2H3,(H2,28,29)/t23-,26-/m1/s1. The first-order valence-electron chi connectivity index (χ1n) is 10.3. The lowest BCUT2D eigenvalue weighted by Crippen LogP contribution is -2.52. The third-order valence-electron chi connectivity index (χ3n) is 5.87. The lowest BCUT2D eigenvalue weighted by molar-refractivity contribution is -0.130. The van der Waals surface area contributed by atoms with Gasteiger partial charge in [0.2, 0.25) is 5.91 Å². The summed E-state index contributed by atoms with van der Waals surface area (Å²) in [6, 6.07) is 26.7. The minimum atomic E-state index is -0.951. The number of hydrogen-bond acceptors (Lipinski definition) is 5. The molecule has 0 aliphatic carbocycles. The Kier molecular flexibility index (Phi) is 5.65. The second kappa shape index (κ2) is 8.56. The van der Waals surface area contributed by atoms with Gasteiger partial charge in [-0.2, -0.15) is 5.26 Å². The van der Waals surface area contributed by atoms with Gasteiger partial charge in [-0.05, 0) is 47.9 Å². The van der Waals surface area contributed by atoms with Crippen molar-refractivity contribution in [3.05, 3.63) is 101 Å². The van der Waals surface area contributed by atoms with Gasteiger partial charge < -0.3 is 10.5 Å². The van der Waals surface area contributed by atoms with Crippen LogP contribution in [0.4, 0.5) is 0 Å². The molecule has 6 heteroatoms. The quantitative estimate of drug-likeness (QED) is 0.672. The molecule has 0 fully saturated rings. The van der Waals surface area contributed by atoms with E-state index in [0.29, 0.717) is 17.9 Å². The van der Waals surface area contributed by atoms with Crippen molar-refractivity contribution in [2.75, 3.05) is 7.05 Å². The maximum atomic E-state index is 13.3. The third-order valence-corrected chi connectivity index (χ3v) is 5.87. The summed E-state index contributed by atoms with van der Waals surface area (Å²) in [7, 11) is 1.62. The zero-order valence-corrected chi connectivity index (χ0v) is 18.0. The van der Waals surface area contributed by atoms with Crippen LogP contribution >= 0.6 is 0 Å². The van der Waals surface area contributed by atoms with Crippen molar-refractivity contribution in [3.63, 3.8) is 0 Å². The van der Waals surface area contributed by atoms with Crippen LogP contribution in [0.5, 0.6) is 5.75 Å². The Morgan fingerprint density at radius 1 is 1.09 bits per heavy atom. The number of likely N-dealkylation sites (N-methyl/N-ethyl adjacent to an activating group) is 1. The highest BCUT2D eigenvalue weighted by Crippen LogP contribution is 2.44. The van der Waals surface area contributed by atoms with Gasteiger partial charge in [0.05, 0.1) is 17.6 Å². The molecule has 0 unspecified atom stereocenters. The summed E-state index contributed by atoms with van der Waals surface area (Å²) in [5.41, 5.74) is 8.28. The fourth-order valence-electron chi connectivity index (χ4n) is 4.02. The van der Waals surface area contributed by atoms with Gasteiger partial charge in [0.15, 0.2) is 5.96 Å². The highest BCUT2D eigenvalue weighted by molar-refractivity contribution is 6.02. The first kappa shape index (κ1) is 21.1. The second-order valence-corrected chi connectivity index (χ2v) is 7.98. The van der Waals surface area contributed by atoms with Crippen LogP contribution in [0.2, 0.25) is 0 Å². The highest BCUT2D eigenvalue weighted by Gasteiger charge is 2.47. The Labute approximate surface area is 187 Å². The van der Waals surface area contributed by atoms with Gasteiger partial charge in [-0.3, -0.25) is 9.69 Å². The molecule has 1 aliphatic heterocycles. The number of nitriles is 1. The molecule has 3 aromatic rings. The molecule has 0 aromatic heterocycles. The number of guanidine groups is 1. The summed E-state index contributed by atoms with van der Waals surface area (Å²) >= 11 is 0. The van der Waals surface area contributed by atoms with Crippen LogP contribution in [0.1, 0.15) is 35.1 Å². The summed E-state index contributed by atoms with van der Waals surface area (Å²) in [4.78, 5) is 19.4. The molecule has 3 aromatic carbocycles. The molecule has 1 amide bonds. The van der Waals surface area contributed by atoms with Gasteiger partial charge in [0, 0.05) is 7.05 Å². The second-order valence-electron chi connectivity index (χ2n) is 7.98. The van der Waals surface area contributed by atoms with Crippen molar-refractivity contribution in [1.82, 2.24) is 4.90 Å². The summed E-state index contributed by atoms with van der Waals surface area (Å²) in [5.74, 6) is 0.113. The van der Waals surface area contributed by atoms with Crippen molar-refractivity contribution in [2.45, 2.75) is 25.0 Å². The van der Waals surface area contributed by atoms with Gasteiger partial charge in [0.1, 0.15) is 17.9 Å². The molecule has 0 spiro atoms. The van der Waals surface area contributed by atoms with E-state index in [9.17, 15) is 10.1 Å². The Bertz CT molecular complexity index is 1200.